The van der Waals surface area contributed by atoms with E-state index >= 15 is 0 Å². The number of anilines is 4. The molecule has 5 amide bonds. The van der Waals surface area contributed by atoms with Crippen molar-refractivity contribution in [2.45, 2.75) is 159 Å². The van der Waals surface area contributed by atoms with Crippen LogP contribution in [0.5, 0.6) is 17.2 Å². The molecule has 14 rings (SSSR count). The molecule has 6 fully saturated rings. The molecule has 4 aromatic carbocycles. The minimum atomic E-state index is -2.04. The number of amides is 5. The van der Waals surface area contributed by atoms with Gasteiger partial charge in [-0.2, -0.15) is 5.10 Å². The number of carbonyl (C=O) groups excluding carboxylic acids is 5. The summed E-state index contributed by atoms with van der Waals surface area (Å²) in [6, 6.07) is 23.3. The van der Waals surface area contributed by atoms with E-state index in [0.29, 0.717) is 64.0 Å². The molecule has 7 aromatic rings. The summed E-state index contributed by atoms with van der Waals surface area (Å²) in [7, 11) is 3.11. The molecular weight excluding hydrogens is 1610 g/mol. The Morgan fingerprint density at radius 2 is 1.27 bits per heavy atom. The molecule has 0 radical (unpaired) electrons. The first kappa shape index (κ1) is 88.5. The third-order valence-electron chi connectivity index (χ3n) is 22.8. The third kappa shape index (κ3) is 20.1. The number of carbonyl (C=O) groups is 8. The lowest BCUT2D eigenvalue weighted by Gasteiger charge is -2.69. The average molecular weight is 1710 g/mol. The highest BCUT2D eigenvalue weighted by atomic mass is 32.1. The second-order valence-electron chi connectivity index (χ2n) is 32.3. The van der Waals surface area contributed by atoms with Gasteiger partial charge in [-0.1, -0.05) is 61.6 Å². The summed E-state index contributed by atoms with van der Waals surface area (Å²) in [5.74, 6) is -5.32. The van der Waals surface area contributed by atoms with Crippen LogP contribution in [0.1, 0.15) is 114 Å². The molecule has 2 unspecified atom stereocenters. The molecule has 4 bridgehead atoms. The molecule has 122 heavy (non-hydrogen) atoms. The quantitative estimate of drug-likeness (QED) is 0.0223. The number of ether oxygens (including phenoxy) is 9. The van der Waals surface area contributed by atoms with Gasteiger partial charge in [-0.25, -0.2) is 33.9 Å². The topological polar surface area (TPSA) is 526 Å². The number of nitrogens with two attached hydrogens (primary N) is 1. The number of aromatic carboxylic acids is 1. The first-order valence-electron chi connectivity index (χ1n) is 39.7. The van der Waals surface area contributed by atoms with Crippen molar-refractivity contribution < 1.29 is 127 Å². The van der Waals surface area contributed by atoms with E-state index in [1.165, 1.54) is 78.0 Å². The number of pyridine rings is 1. The van der Waals surface area contributed by atoms with Crippen molar-refractivity contribution in [3.05, 3.63) is 142 Å². The van der Waals surface area contributed by atoms with Crippen molar-refractivity contribution in [1.82, 2.24) is 30.0 Å². The molecule has 38 heteroatoms. The van der Waals surface area contributed by atoms with Gasteiger partial charge in [-0.15, -0.1) is 0 Å². The second kappa shape index (κ2) is 37.6. The summed E-state index contributed by atoms with van der Waals surface area (Å²) >= 11 is 1.38. The molecular formula is C84H99N11O26S. The number of carboxylic acids is 3. The summed E-state index contributed by atoms with van der Waals surface area (Å²) in [6.07, 6.45) is -8.20. The first-order chi connectivity index (χ1) is 58.3. The van der Waals surface area contributed by atoms with E-state index in [4.69, 9.17) is 58.4 Å². The number of para-hydroxylation sites is 1. The largest absolute Gasteiger partial charge is 0.496 e. The Balaban J connectivity index is 0.621. The zero-order valence-electron chi connectivity index (χ0n) is 67.5. The normalized spacial score (nSPS) is 25.9. The standard InChI is InChI=1S/C84H99N11O26S/c1-45-51(49-17-21-60(91-63(49)73(105)106)94-27-24-48-52(37-94)50(16-20-56(48)114-5)72(104)92-78-90-53-12-6-7-13-59(53)122-78)36-87-95(45)44-83-39-81(2)38-82(3,40-83)42-84(41-81,43-83)117-33-29-93(28-32-113-4)80(112)116-31-9-11-47-15-19-58(119-77-69(103)65(99)67(101)71(121-77)75(109)110)55(35-47)89-62(97)23-26-86-79(111)115-30-8-10-46-14-18-57(54(34-46)88-61(96)22-25-85)118-76-68(102)64(98)66(100)70(120-76)74(107)108/h6-21,34-36,64-71,76-77,98-103H,22-33,37-44,85H2,1-5H3,(H,86,111)(H,88,96)(H,89,97)(H,105,106)(H,107,108)(H,109,110)(H,90,92,104)/t64-,65-,66-,67-,68+,69+,70-,71-,76+,77+,81?,82?,83?,84?/m0/s1. The van der Waals surface area contributed by atoms with E-state index in [2.05, 4.69) is 40.1 Å². The van der Waals surface area contributed by atoms with Crippen LogP contribution in [0, 0.1) is 23.2 Å². The van der Waals surface area contributed by atoms with Gasteiger partial charge in [-0.3, -0.25) is 24.4 Å². The first-order valence-corrected chi connectivity index (χ1v) is 40.5. The van der Waals surface area contributed by atoms with E-state index in [9.17, 15) is 84.3 Å². The lowest BCUT2D eigenvalue weighted by molar-refractivity contribution is -0.271. The fourth-order valence-electron chi connectivity index (χ4n) is 18.4. The Hall–Kier alpha value is -11.3. The van der Waals surface area contributed by atoms with Gasteiger partial charge in [0, 0.05) is 93.7 Å². The van der Waals surface area contributed by atoms with Crippen LogP contribution in [0.15, 0.2) is 103 Å². The van der Waals surface area contributed by atoms with Crippen molar-refractivity contribution in [3.63, 3.8) is 0 Å². The fraction of sp³-hybridized carbons (Fsp3) is 0.464. The number of aromatic nitrogens is 4. The van der Waals surface area contributed by atoms with Crippen LogP contribution in [-0.4, -0.2) is 259 Å². The smallest absolute Gasteiger partial charge is 0.410 e. The maximum absolute atomic E-state index is 14.0. The van der Waals surface area contributed by atoms with E-state index in [-0.39, 0.29) is 123 Å². The molecule has 652 valence electrons. The van der Waals surface area contributed by atoms with E-state index in [0.717, 1.165) is 65.6 Å². The number of alkyl carbamates (subject to hydrolysis) is 1. The molecule has 2 saturated heterocycles. The Kier molecular flexibility index (Phi) is 27.3. The Labute approximate surface area is 703 Å². The second-order valence-corrected chi connectivity index (χ2v) is 33.3. The highest BCUT2D eigenvalue weighted by Gasteiger charge is 2.66. The zero-order valence-corrected chi connectivity index (χ0v) is 68.3. The molecule has 4 aliphatic carbocycles. The molecule has 7 aliphatic rings. The Morgan fingerprint density at radius 3 is 1.87 bits per heavy atom. The van der Waals surface area contributed by atoms with Gasteiger partial charge >= 0.3 is 30.1 Å². The Morgan fingerprint density at radius 1 is 0.664 bits per heavy atom. The zero-order chi connectivity index (χ0) is 87.1. The highest BCUT2D eigenvalue weighted by molar-refractivity contribution is 7.22. The number of carboxylic acid groups (broad SMARTS) is 3. The van der Waals surface area contributed by atoms with E-state index < -0.39 is 109 Å². The van der Waals surface area contributed by atoms with Crippen LogP contribution in [0.4, 0.5) is 31.9 Å². The number of hydrogen-bond acceptors (Lipinski definition) is 29. The maximum Gasteiger partial charge on any atom is 0.410 e. The summed E-state index contributed by atoms with van der Waals surface area (Å²) in [4.78, 5) is 117. The lowest BCUT2D eigenvalue weighted by Crippen LogP contribution is -2.64. The van der Waals surface area contributed by atoms with Crippen molar-refractivity contribution in [3.8, 4) is 28.4 Å². The number of rotatable bonds is 34. The molecule has 12 atom stereocenters. The number of aliphatic hydroxyl groups excluding tert-OH is 6. The SMILES string of the molecule is COCCN(CCOC12CC3(C)CC(C)(CC(Cn4ncc(-c5ccc(N6CCc7c(OC)ccc(C(=O)Nc8nc9ccccc9s8)c7C6)nc5C(=O)O)c4C)(C3)C1)C2)C(=O)OCC=Cc1ccc(O[C@@H]2O[C@H](C(=O)O)[C@@H](O)[C@H](O)[C@H]2O)c(NC(=O)CCNC(=O)OCC=Cc2ccc(O[C@@H]3O[C@H](C(=O)O)[C@@H](O)[C@H](O)[C@H]3O)c(NC(=O)CCN)c2)c1. The van der Waals surface area contributed by atoms with Gasteiger partial charge in [0.25, 0.3) is 5.91 Å². The minimum Gasteiger partial charge on any atom is -0.496 e. The van der Waals surface area contributed by atoms with Crippen LogP contribution in [0.2, 0.25) is 0 Å². The lowest BCUT2D eigenvalue weighted by atomic mass is 9.39. The van der Waals surface area contributed by atoms with E-state index in [1.807, 2.05) is 46.8 Å². The van der Waals surface area contributed by atoms with Gasteiger partial charge < -0.3 is 120 Å². The van der Waals surface area contributed by atoms with Crippen LogP contribution in [0.3, 0.4) is 0 Å². The summed E-state index contributed by atoms with van der Waals surface area (Å²) in [5.41, 5.74) is 9.88. The maximum atomic E-state index is 14.0. The number of nitrogens with one attached hydrogen (secondary N) is 4. The number of nitrogens with zero attached hydrogens (tertiary/aromatic N) is 6. The van der Waals surface area contributed by atoms with Crippen molar-refractivity contribution >= 4 is 104 Å². The molecule has 15 N–H and O–H groups in total. The monoisotopic (exact) mass is 1710 g/mol. The van der Waals surface area contributed by atoms with Gasteiger partial charge in [0.2, 0.25) is 24.4 Å². The van der Waals surface area contributed by atoms with Crippen LogP contribution >= 0.6 is 11.3 Å². The van der Waals surface area contributed by atoms with Gasteiger partial charge in [0.15, 0.2) is 23.0 Å². The number of benzene rings is 4. The summed E-state index contributed by atoms with van der Waals surface area (Å²) in [5, 5.41) is 109. The fourth-order valence-corrected chi connectivity index (χ4v) is 19.2. The van der Waals surface area contributed by atoms with Gasteiger partial charge in [-0.05, 0) is 158 Å². The van der Waals surface area contributed by atoms with Gasteiger partial charge in [0.1, 0.15) is 72.9 Å². The van der Waals surface area contributed by atoms with E-state index in [1.54, 1.807) is 37.6 Å². The number of hydrogen-bond donors (Lipinski definition) is 14. The number of thiazole rings is 1. The number of aliphatic hydroxyl groups is 6. The molecule has 3 aromatic heterocycles. The average Bonchev–Trinajstić information content (AvgIpc) is 0.762. The summed E-state index contributed by atoms with van der Waals surface area (Å²) in [6.45, 7) is 7.73. The number of fused-ring (bicyclic) bond motifs is 2. The predicted octanol–water partition coefficient (Wildman–Crippen LogP) is 5.92. The van der Waals surface area contributed by atoms with Crippen LogP contribution in [-0.2, 0) is 67.1 Å². The highest BCUT2D eigenvalue weighted by Crippen LogP contribution is 2.72. The number of aliphatic carboxylic acids is 2. The third-order valence-corrected chi connectivity index (χ3v) is 23.7. The molecule has 37 nitrogen and oxygen atoms in total. The minimum absolute atomic E-state index is 0.00977. The van der Waals surface area contributed by atoms with Crippen LogP contribution in [0.25, 0.3) is 33.5 Å². The number of methoxy groups -OCH3 is 2. The molecule has 4 saturated carbocycles. The molecule has 6 heterocycles. The molecule has 3 aliphatic heterocycles. The Bertz CT molecular complexity index is 5080. The van der Waals surface area contributed by atoms with Crippen molar-refractivity contribution in [1.29, 1.82) is 0 Å². The van der Waals surface area contributed by atoms with Crippen LogP contribution < -0.4 is 46.1 Å². The summed E-state index contributed by atoms with van der Waals surface area (Å²) < 4.78 is 54.3. The molecule has 0 spiro atoms. The van der Waals surface area contributed by atoms with Crippen molar-refractivity contribution in [2.75, 3.05) is 94.2 Å². The van der Waals surface area contributed by atoms with Gasteiger partial charge in [0.05, 0.1) is 53.7 Å². The predicted molar refractivity (Wildman–Crippen MR) is 438 cm³/mol. The van der Waals surface area contributed by atoms with Crippen molar-refractivity contribution in [2.24, 2.45) is 22.0 Å².